The topological polar surface area (TPSA) is 74.6 Å². The molecule has 4 nitrogen and oxygen atoms in total. The molecule has 1 unspecified atom stereocenters. The Morgan fingerprint density at radius 2 is 1.83 bits per heavy atom. The first-order valence-electron chi connectivity index (χ1n) is 7.84. The van der Waals surface area contributed by atoms with Gasteiger partial charge >= 0.3 is 0 Å². The van der Waals surface area contributed by atoms with Gasteiger partial charge in [0.15, 0.2) is 11.6 Å². The predicted octanol–water partition coefficient (Wildman–Crippen LogP) is 3.73. The van der Waals surface area contributed by atoms with Crippen molar-refractivity contribution in [2.24, 2.45) is 0 Å². The van der Waals surface area contributed by atoms with E-state index in [-0.39, 0.29) is 41.0 Å². The summed E-state index contributed by atoms with van der Waals surface area (Å²) in [5.74, 6) is -0.612. The normalized spacial score (nSPS) is 17.5. The smallest absolute Gasteiger partial charge is 0.166 e. The van der Waals surface area contributed by atoms with E-state index in [1.807, 2.05) is 30.3 Å². The predicted molar refractivity (Wildman–Crippen MR) is 91.0 cm³/mol. The molecule has 2 aromatic carbocycles. The van der Waals surface area contributed by atoms with Crippen LogP contribution in [0.4, 0.5) is 0 Å². The van der Waals surface area contributed by atoms with E-state index in [9.17, 15) is 19.8 Å². The number of carbonyl (C=O) groups excluding carboxylic acids is 2. The quantitative estimate of drug-likeness (QED) is 0.667. The number of rotatable bonds is 3. The highest BCUT2D eigenvalue weighted by atomic mass is 16.3. The van der Waals surface area contributed by atoms with Gasteiger partial charge in [0.1, 0.15) is 11.5 Å². The number of aromatic hydroxyl groups is 2. The zero-order chi connectivity index (χ0) is 17.3. The molecular formula is C20H18O4. The van der Waals surface area contributed by atoms with Crippen molar-refractivity contribution in [1.29, 1.82) is 0 Å². The maximum Gasteiger partial charge on any atom is 0.166 e. The highest BCUT2D eigenvalue weighted by Gasteiger charge is 2.27. The molecule has 1 aliphatic carbocycles. The molecule has 24 heavy (non-hydrogen) atoms. The summed E-state index contributed by atoms with van der Waals surface area (Å²) in [6.07, 6.45) is 2.37. The van der Waals surface area contributed by atoms with Crippen LogP contribution in [0.1, 0.15) is 31.2 Å². The van der Waals surface area contributed by atoms with E-state index in [1.54, 1.807) is 6.08 Å². The van der Waals surface area contributed by atoms with Crippen LogP contribution in [-0.2, 0) is 9.59 Å². The second-order valence-corrected chi connectivity index (χ2v) is 6.00. The zero-order valence-electron chi connectivity index (χ0n) is 13.3. The lowest BCUT2D eigenvalue weighted by atomic mass is 9.82. The summed E-state index contributed by atoms with van der Waals surface area (Å²) in [5.41, 5.74) is 2.02. The molecule has 0 heterocycles. The van der Waals surface area contributed by atoms with Gasteiger partial charge in [0, 0.05) is 23.5 Å². The average molecular weight is 322 g/mol. The number of benzene rings is 2. The molecule has 0 aliphatic heterocycles. The molecule has 1 aliphatic rings. The maximum absolute atomic E-state index is 11.9. The third-order valence-electron chi connectivity index (χ3n) is 4.34. The van der Waals surface area contributed by atoms with E-state index in [4.69, 9.17) is 0 Å². The average Bonchev–Trinajstić information content (AvgIpc) is 2.57. The van der Waals surface area contributed by atoms with Crippen molar-refractivity contribution in [3.8, 4) is 22.6 Å². The van der Waals surface area contributed by atoms with Crippen molar-refractivity contribution in [2.75, 3.05) is 0 Å². The van der Waals surface area contributed by atoms with Crippen molar-refractivity contribution in [1.82, 2.24) is 0 Å². The summed E-state index contributed by atoms with van der Waals surface area (Å²) in [5, 5.41) is 20.8. The maximum atomic E-state index is 11.9. The Labute approximate surface area is 140 Å². The van der Waals surface area contributed by atoms with Gasteiger partial charge in [-0.3, -0.25) is 9.59 Å². The number of hydrogen-bond donors (Lipinski definition) is 2. The molecule has 3 rings (SSSR count). The van der Waals surface area contributed by atoms with Gasteiger partial charge in [-0.2, -0.15) is 0 Å². The van der Waals surface area contributed by atoms with Crippen LogP contribution in [0.15, 0.2) is 54.1 Å². The Balaban J connectivity index is 2.11. The lowest BCUT2D eigenvalue weighted by Gasteiger charge is -2.22. The standard InChI is InChI=1S/C20H18O4/c1-12(21)16-9-14(7-8-19(16)23)18-11-15(22)10-17(20(18)24)13-5-3-2-4-6-13/h2-6,9-11,14,22,24H,7-8H2,1H3. The molecule has 0 amide bonds. The number of carbonyl (C=O) groups is 2. The van der Waals surface area contributed by atoms with Crippen molar-refractivity contribution < 1.29 is 19.8 Å². The number of ketones is 2. The second-order valence-electron chi connectivity index (χ2n) is 6.00. The molecule has 4 heteroatoms. The largest absolute Gasteiger partial charge is 0.508 e. The third kappa shape index (κ3) is 2.95. The summed E-state index contributed by atoms with van der Waals surface area (Å²) < 4.78 is 0. The summed E-state index contributed by atoms with van der Waals surface area (Å²) in [4.78, 5) is 23.5. The molecule has 0 saturated heterocycles. The number of phenols is 2. The zero-order valence-corrected chi connectivity index (χ0v) is 13.3. The second kappa shape index (κ2) is 6.32. The van der Waals surface area contributed by atoms with Gasteiger partial charge < -0.3 is 10.2 Å². The fourth-order valence-electron chi connectivity index (χ4n) is 3.12. The van der Waals surface area contributed by atoms with E-state index in [0.717, 1.165) is 5.56 Å². The Kier molecular flexibility index (Phi) is 4.21. The Hall–Kier alpha value is -2.88. The van der Waals surface area contributed by atoms with E-state index < -0.39 is 0 Å². The van der Waals surface area contributed by atoms with Crippen molar-refractivity contribution in [3.63, 3.8) is 0 Å². The number of hydrogen-bond acceptors (Lipinski definition) is 4. The molecule has 0 bridgehead atoms. The van der Waals surface area contributed by atoms with Gasteiger partial charge in [-0.05, 0) is 31.0 Å². The van der Waals surface area contributed by atoms with Gasteiger partial charge in [0.05, 0.1) is 5.57 Å². The highest BCUT2D eigenvalue weighted by Crippen LogP contribution is 2.42. The first kappa shape index (κ1) is 16.0. The lowest BCUT2D eigenvalue weighted by molar-refractivity contribution is -0.120. The summed E-state index contributed by atoms with van der Waals surface area (Å²) in [6.45, 7) is 1.36. The first-order valence-corrected chi connectivity index (χ1v) is 7.84. The van der Waals surface area contributed by atoms with Crippen LogP contribution in [0.5, 0.6) is 11.5 Å². The van der Waals surface area contributed by atoms with Gasteiger partial charge in [-0.15, -0.1) is 0 Å². The van der Waals surface area contributed by atoms with Crippen LogP contribution < -0.4 is 0 Å². The minimum Gasteiger partial charge on any atom is -0.508 e. The van der Waals surface area contributed by atoms with Crippen LogP contribution in [0.25, 0.3) is 11.1 Å². The molecular weight excluding hydrogens is 304 g/mol. The van der Waals surface area contributed by atoms with Crippen molar-refractivity contribution in [3.05, 3.63) is 59.7 Å². The van der Waals surface area contributed by atoms with Gasteiger partial charge in [-0.25, -0.2) is 0 Å². The van der Waals surface area contributed by atoms with Crippen molar-refractivity contribution >= 4 is 11.6 Å². The summed E-state index contributed by atoms with van der Waals surface area (Å²) in [6, 6.07) is 12.3. The molecule has 0 radical (unpaired) electrons. The minimum atomic E-state index is -0.281. The highest BCUT2D eigenvalue weighted by molar-refractivity contribution is 6.19. The molecule has 1 atom stereocenters. The van der Waals surface area contributed by atoms with Crippen LogP contribution >= 0.6 is 0 Å². The molecule has 0 aromatic heterocycles. The fourth-order valence-corrected chi connectivity index (χ4v) is 3.12. The van der Waals surface area contributed by atoms with E-state index in [0.29, 0.717) is 17.5 Å². The van der Waals surface area contributed by atoms with Crippen LogP contribution in [0, 0.1) is 0 Å². The van der Waals surface area contributed by atoms with Gasteiger partial charge in [-0.1, -0.05) is 36.4 Å². The van der Waals surface area contributed by atoms with Gasteiger partial charge in [0.25, 0.3) is 0 Å². The summed E-state index contributed by atoms with van der Waals surface area (Å²) in [7, 11) is 0. The van der Waals surface area contributed by atoms with Crippen LogP contribution in [-0.4, -0.2) is 21.8 Å². The van der Waals surface area contributed by atoms with E-state index in [1.165, 1.54) is 19.1 Å². The first-order chi connectivity index (χ1) is 11.5. The molecule has 0 fully saturated rings. The van der Waals surface area contributed by atoms with E-state index >= 15 is 0 Å². The SMILES string of the molecule is CC(=O)C1=CC(c2cc(O)cc(-c3ccccc3)c2O)CCC1=O. The Morgan fingerprint density at radius 1 is 1.12 bits per heavy atom. The Bertz CT molecular complexity index is 834. The monoisotopic (exact) mass is 322 g/mol. The van der Waals surface area contributed by atoms with Crippen LogP contribution in [0.3, 0.4) is 0 Å². The number of phenolic OH excluding ortho intramolecular Hbond substituents is 2. The fraction of sp³-hybridized carbons (Fsp3) is 0.200. The Morgan fingerprint density at radius 3 is 2.50 bits per heavy atom. The number of allylic oxidation sites excluding steroid dienone is 2. The molecule has 122 valence electrons. The van der Waals surface area contributed by atoms with Gasteiger partial charge in [0.2, 0.25) is 0 Å². The molecule has 2 N–H and O–H groups in total. The molecule has 0 spiro atoms. The lowest BCUT2D eigenvalue weighted by Crippen LogP contribution is -2.17. The molecule has 2 aromatic rings. The third-order valence-corrected chi connectivity index (χ3v) is 4.34. The molecule has 0 saturated carbocycles. The van der Waals surface area contributed by atoms with Crippen LogP contribution in [0.2, 0.25) is 0 Å². The summed E-state index contributed by atoms with van der Waals surface area (Å²) >= 11 is 0. The minimum absolute atomic E-state index is 0.0383. The van der Waals surface area contributed by atoms with Crippen molar-refractivity contribution in [2.45, 2.75) is 25.7 Å². The number of Topliss-reactive ketones (excluding diaryl/α,β-unsaturated/α-hetero) is 2. The van der Waals surface area contributed by atoms with E-state index in [2.05, 4.69) is 0 Å².